The van der Waals surface area contributed by atoms with Gasteiger partial charge in [0.15, 0.2) is 0 Å². The number of hydrogen-bond donors (Lipinski definition) is 3. The molecule has 0 bridgehead atoms. The van der Waals surface area contributed by atoms with Gasteiger partial charge in [0.1, 0.15) is 0 Å². The van der Waals surface area contributed by atoms with Gasteiger partial charge in [-0.05, 0) is 23.6 Å². The molecule has 1 aromatic heterocycles. The lowest BCUT2D eigenvalue weighted by Crippen LogP contribution is -2.32. The molecule has 2 aromatic carbocycles. The summed E-state index contributed by atoms with van der Waals surface area (Å²) in [5.41, 5.74) is 3.26. The minimum Gasteiger partial charge on any atom is -0.361 e. The van der Waals surface area contributed by atoms with Crippen molar-refractivity contribution in [2.75, 3.05) is 13.1 Å². The number of hydrogen-bond acceptors (Lipinski definition) is 2. The summed E-state index contributed by atoms with van der Waals surface area (Å²) < 4.78 is 0. The minimum atomic E-state index is -0.0669. The third-order valence-corrected chi connectivity index (χ3v) is 4.27. The highest BCUT2D eigenvalue weighted by Gasteiger charge is 2.06. The molecule has 0 atom stereocenters. The van der Waals surface area contributed by atoms with Crippen molar-refractivity contribution in [1.29, 1.82) is 0 Å². The molecule has 1 heterocycles. The van der Waals surface area contributed by atoms with Gasteiger partial charge in [-0.15, -0.1) is 0 Å². The van der Waals surface area contributed by atoms with E-state index in [1.165, 1.54) is 10.9 Å². The zero-order valence-electron chi connectivity index (χ0n) is 14.6. The van der Waals surface area contributed by atoms with Crippen molar-refractivity contribution in [2.24, 2.45) is 0 Å². The molecule has 0 unspecified atom stereocenters. The Morgan fingerprint density at radius 3 is 2.42 bits per heavy atom. The van der Waals surface area contributed by atoms with Gasteiger partial charge in [0.05, 0.1) is 6.42 Å². The lowest BCUT2D eigenvalue weighted by Gasteiger charge is -2.07. The van der Waals surface area contributed by atoms with E-state index >= 15 is 0 Å². The fourth-order valence-electron chi connectivity index (χ4n) is 2.92. The molecule has 0 aliphatic heterocycles. The third kappa shape index (κ3) is 4.96. The van der Waals surface area contributed by atoms with Crippen molar-refractivity contribution in [3.8, 4) is 0 Å². The van der Waals surface area contributed by atoms with Gasteiger partial charge in [-0.25, -0.2) is 0 Å². The predicted molar refractivity (Wildman–Crippen MR) is 103 cm³/mol. The highest BCUT2D eigenvalue weighted by molar-refractivity contribution is 5.83. The van der Waals surface area contributed by atoms with Crippen molar-refractivity contribution in [3.05, 3.63) is 71.9 Å². The molecule has 0 fully saturated rings. The number of aromatic amines is 1. The summed E-state index contributed by atoms with van der Waals surface area (Å²) in [5, 5.41) is 6.88. The Balaban J connectivity index is 1.33. The third-order valence-electron chi connectivity index (χ3n) is 4.27. The molecule has 0 aliphatic carbocycles. The summed E-state index contributed by atoms with van der Waals surface area (Å²) in [7, 11) is 0. The van der Waals surface area contributed by atoms with Crippen LogP contribution in [0.15, 0.2) is 60.8 Å². The van der Waals surface area contributed by atoms with E-state index in [-0.39, 0.29) is 18.2 Å². The van der Waals surface area contributed by atoms with Crippen LogP contribution >= 0.6 is 0 Å². The Hall–Kier alpha value is -3.08. The Bertz CT molecular complexity index is 871. The van der Waals surface area contributed by atoms with Crippen LogP contribution in [0.4, 0.5) is 0 Å². The van der Waals surface area contributed by atoms with Gasteiger partial charge in [-0.1, -0.05) is 48.5 Å². The average Bonchev–Trinajstić information content (AvgIpc) is 3.06. The number of nitrogens with one attached hydrogen (secondary N) is 3. The van der Waals surface area contributed by atoms with Crippen molar-refractivity contribution < 1.29 is 9.59 Å². The fourth-order valence-corrected chi connectivity index (χ4v) is 2.92. The Morgan fingerprint density at radius 1 is 0.846 bits per heavy atom. The molecule has 0 spiro atoms. The average molecular weight is 349 g/mol. The number of para-hydroxylation sites is 1. The molecular weight excluding hydrogens is 326 g/mol. The molecule has 3 rings (SSSR count). The number of carbonyl (C=O) groups excluding carboxylic acids is 2. The van der Waals surface area contributed by atoms with E-state index in [1.54, 1.807) is 0 Å². The van der Waals surface area contributed by atoms with Crippen LogP contribution < -0.4 is 10.6 Å². The van der Waals surface area contributed by atoms with E-state index in [1.807, 2.05) is 54.7 Å². The summed E-state index contributed by atoms with van der Waals surface area (Å²) in [6.45, 7) is 0.934. The first-order valence-electron chi connectivity index (χ1n) is 8.84. The number of amides is 2. The Kier molecular flexibility index (Phi) is 6.04. The van der Waals surface area contributed by atoms with Gasteiger partial charge in [0.25, 0.3) is 0 Å². The quantitative estimate of drug-likeness (QED) is 0.585. The van der Waals surface area contributed by atoms with Crippen LogP contribution in [0, 0.1) is 0 Å². The fraction of sp³-hybridized carbons (Fsp3) is 0.238. The summed E-state index contributed by atoms with van der Waals surface area (Å²) in [6.07, 6.45) is 3.38. The number of carbonyl (C=O) groups is 2. The zero-order valence-corrected chi connectivity index (χ0v) is 14.6. The van der Waals surface area contributed by atoms with Crippen molar-refractivity contribution in [1.82, 2.24) is 15.6 Å². The first-order valence-corrected chi connectivity index (χ1v) is 8.84. The Labute approximate surface area is 152 Å². The molecule has 26 heavy (non-hydrogen) atoms. The zero-order chi connectivity index (χ0) is 18.2. The van der Waals surface area contributed by atoms with Crippen LogP contribution in [0.25, 0.3) is 10.9 Å². The number of aromatic nitrogens is 1. The second-order valence-corrected chi connectivity index (χ2v) is 6.22. The lowest BCUT2D eigenvalue weighted by atomic mass is 10.1. The van der Waals surface area contributed by atoms with E-state index in [9.17, 15) is 9.59 Å². The smallest absolute Gasteiger partial charge is 0.224 e. The summed E-state index contributed by atoms with van der Waals surface area (Å²) in [5.74, 6) is -0.118. The number of rotatable bonds is 8. The second-order valence-electron chi connectivity index (χ2n) is 6.22. The largest absolute Gasteiger partial charge is 0.361 e. The van der Waals surface area contributed by atoms with E-state index in [2.05, 4.69) is 21.7 Å². The molecule has 2 amide bonds. The SMILES string of the molecule is O=C(CCNC(=O)Cc1ccccc1)NCCc1c[nH]c2ccccc12. The first-order chi connectivity index (χ1) is 12.7. The van der Waals surface area contributed by atoms with Gasteiger partial charge in [-0.3, -0.25) is 9.59 Å². The van der Waals surface area contributed by atoms with Crippen LogP contribution in [0.2, 0.25) is 0 Å². The monoisotopic (exact) mass is 349 g/mol. The molecular formula is C21H23N3O2. The highest BCUT2D eigenvalue weighted by Crippen LogP contribution is 2.17. The summed E-state index contributed by atoms with van der Waals surface area (Å²) in [6, 6.07) is 17.7. The van der Waals surface area contributed by atoms with Crippen molar-refractivity contribution in [3.63, 3.8) is 0 Å². The standard InChI is InChI=1S/C21H23N3O2/c25-20(11-13-23-21(26)14-16-6-2-1-3-7-16)22-12-10-17-15-24-19-9-5-4-8-18(17)19/h1-9,15,24H,10-14H2,(H,22,25)(H,23,26). The molecule has 3 aromatic rings. The normalized spacial score (nSPS) is 10.6. The molecule has 3 N–H and O–H groups in total. The minimum absolute atomic E-state index is 0.0511. The van der Waals surface area contributed by atoms with Gasteiger partial charge in [0, 0.05) is 36.6 Å². The van der Waals surface area contributed by atoms with Gasteiger partial charge in [-0.2, -0.15) is 0 Å². The summed E-state index contributed by atoms with van der Waals surface area (Å²) >= 11 is 0. The van der Waals surface area contributed by atoms with Crippen LogP contribution in [-0.4, -0.2) is 29.9 Å². The maximum Gasteiger partial charge on any atom is 0.224 e. The molecule has 0 aliphatic rings. The van der Waals surface area contributed by atoms with E-state index in [0.29, 0.717) is 19.5 Å². The summed E-state index contributed by atoms with van der Waals surface area (Å²) in [4.78, 5) is 27.0. The van der Waals surface area contributed by atoms with Gasteiger partial charge in [0.2, 0.25) is 11.8 Å². The number of fused-ring (bicyclic) bond motifs is 1. The van der Waals surface area contributed by atoms with E-state index in [4.69, 9.17) is 0 Å². The van der Waals surface area contributed by atoms with E-state index in [0.717, 1.165) is 17.5 Å². The van der Waals surface area contributed by atoms with Crippen molar-refractivity contribution in [2.45, 2.75) is 19.3 Å². The second kappa shape index (κ2) is 8.85. The lowest BCUT2D eigenvalue weighted by molar-refractivity contribution is -0.122. The van der Waals surface area contributed by atoms with E-state index < -0.39 is 0 Å². The predicted octanol–water partition coefficient (Wildman–Crippen LogP) is 2.58. The highest BCUT2D eigenvalue weighted by atomic mass is 16.2. The Morgan fingerprint density at radius 2 is 1.58 bits per heavy atom. The van der Waals surface area contributed by atoms with Crippen molar-refractivity contribution >= 4 is 22.7 Å². The van der Waals surface area contributed by atoms with Crippen LogP contribution in [0.5, 0.6) is 0 Å². The molecule has 5 heteroatoms. The molecule has 0 saturated heterocycles. The maximum atomic E-state index is 11.9. The molecule has 0 radical (unpaired) electrons. The maximum absolute atomic E-state index is 11.9. The number of benzene rings is 2. The molecule has 0 saturated carbocycles. The van der Waals surface area contributed by atoms with Crippen LogP contribution in [0.1, 0.15) is 17.5 Å². The topological polar surface area (TPSA) is 74.0 Å². The molecule has 134 valence electrons. The number of H-pyrrole nitrogens is 1. The molecule has 5 nitrogen and oxygen atoms in total. The van der Waals surface area contributed by atoms with Gasteiger partial charge >= 0.3 is 0 Å². The van der Waals surface area contributed by atoms with Gasteiger partial charge < -0.3 is 15.6 Å². The van der Waals surface area contributed by atoms with Crippen LogP contribution in [0.3, 0.4) is 0 Å². The first kappa shape index (κ1) is 17.7. The van der Waals surface area contributed by atoms with Crippen LogP contribution in [-0.2, 0) is 22.4 Å².